The molecule has 0 aliphatic carbocycles. The fourth-order valence-electron chi connectivity index (χ4n) is 14.3. The second kappa shape index (κ2) is 53.1. The standard InChI is InChI=1S/C22H23N3O2S2.C21H21N3O2S2.C21H23N3O2S2.2C20H21N3O2S2/c1-4-6-16-17(5-2)24-22(18-11-12-20(28-3)29-18)25-21(16)23-15-9-7-14(8-10-15)13-19(26)27;1-4-5-16-13(2)22-21(17-10-11-19(27-3)28-17)24-20(16)23-15-8-6-14(7-9-15)12-18(25)26;1-4-15-16(5-2)23-21(17-10-11-19(27-3)28-17)24-20(15)22-14-8-6-13(7-9-14)12-18(25)26;1-4-15-12(2)21-20(16-9-10-18(26-3)27-16)23-19(15)22-14-7-5-13(6-8-14)11-17(24)25;1-4-14-15(5-2)22-19(16-10-11-17(26-3)27-16)23-18(14)21-13-8-6-12(7-9-13)20(24)25/h4,7-12H,1,5-6,13H2,2-3H3,(H,26,27)(H,23,24,25);4,6-11H,1,5,12H2,2-3H3,(H,25,26)(H,22,23,24);6-11H,4-5,12H2,1-3H3,(H,25,26)(H,22,23,24);5-10H,4,11H2,1-3H3,(H,24,25)(H,21,22,23);6-11H,4-5H2,1-3H3,(H,24,25)(H,21,22,23). The molecular formula is C104H109N15O10S10. The van der Waals surface area contributed by atoms with E-state index in [0.717, 1.165) is 216 Å². The van der Waals surface area contributed by atoms with E-state index >= 15 is 0 Å². The number of thiophene rings is 5. The Labute approximate surface area is 851 Å². The van der Waals surface area contributed by atoms with Crippen LogP contribution in [-0.4, -0.2) is 136 Å². The molecule has 15 aromatic rings. The quantitative estimate of drug-likeness (QED) is 0.0126. The van der Waals surface area contributed by atoms with E-state index in [9.17, 15) is 24.0 Å². The maximum atomic E-state index is 11.0. The van der Waals surface area contributed by atoms with Crippen molar-refractivity contribution in [3.63, 3.8) is 0 Å². The van der Waals surface area contributed by atoms with Gasteiger partial charge in [-0.2, -0.15) is 0 Å². The number of aromatic nitrogens is 10. The third-order valence-electron chi connectivity index (χ3n) is 21.2. The molecule has 10 aromatic heterocycles. The largest absolute Gasteiger partial charge is 0.481 e. The summed E-state index contributed by atoms with van der Waals surface area (Å²) in [5.74, 6) is 3.20. The van der Waals surface area contributed by atoms with Crippen LogP contribution >= 0.6 is 115 Å². The maximum Gasteiger partial charge on any atom is 0.335 e. The number of thioether (sulfide) groups is 5. The van der Waals surface area contributed by atoms with Crippen LogP contribution < -0.4 is 26.6 Å². The minimum atomic E-state index is -0.935. The smallest absolute Gasteiger partial charge is 0.335 e. The molecule has 0 aliphatic heterocycles. The lowest BCUT2D eigenvalue weighted by Crippen LogP contribution is -2.07. The molecule has 15 rings (SSSR count). The number of benzene rings is 5. The molecule has 10 heterocycles. The molecule has 0 saturated heterocycles. The SMILES string of the molecule is C=CCc1c(C)nc(-c2ccc(SC)s2)nc1Nc1ccc(CC(=O)O)cc1.C=CCc1c(CC)nc(-c2ccc(SC)s2)nc1Nc1ccc(CC(=O)O)cc1.CCc1c(C)nc(-c2ccc(SC)s2)nc1Nc1ccc(CC(=O)O)cc1.CCc1nc(-c2ccc(SC)s2)nc(Nc2ccc(C(=O)O)cc2)c1CC.CCc1nc(-c2ccc(SC)s2)nc(Nc2ccc(CC(=O)O)cc2)c1CC. The third-order valence-corrected chi connectivity index (χ3v) is 32.0. The molecule has 10 N–H and O–H groups in total. The number of nitrogens with zero attached hydrogens (tertiary/aromatic N) is 10. The molecule has 0 atom stereocenters. The van der Waals surface area contributed by atoms with E-state index in [1.54, 1.807) is 140 Å². The minimum absolute atomic E-state index is 0.00884. The summed E-state index contributed by atoms with van der Waals surface area (Å²) in [4.78, 5) is 107. The minimum Gasteiger partial charge on any atom is -0.481 e. The third kappa shape index (κ3) is 30.5. The highest BCUT2D eigenvalue weighted by molar-refractivity contribution is 8.01. The average molecular weight is 2050 g/mol. The zero-order valence-electron chi connectivity index (χ0n) is 79.2. The molecule has 5 aromatic carbocycles. The van der Waals surface area contributed by atoms with Crippen LogP contribution in [0.25, 0.3) is 53.5 Å². The van der Waals surface area contributed by atoms with Crippen molar-refractivity contribution in [3.05, 3.63) is 291 Å². The van der Waals surface area contributed by atoms with Gasteiger partial charge in [-0.15, -0.1) is 129 Å². The Morgan fingerprint density at radius 3 is 0.741 bits per heavy atom. The van der Waals surface area contributed by atoms with Crippen molar-refractivity contribution < 1.29 is 49.5 Å². The van der Waals surface area contributed by atoms with Crippen molar-refractivity contribution in [3.8, 4) is 53.5 Å². The van der Waals surface area contributed by atoms with Crippen molar-refractivity contribution in [2.24, 2.45) is 0 Å². The van der Waals surface area contributed by atoms with Gasteiger partial charge in [0.2, 0.25) is 0 Å². The highest BCUT2D eigenvalue weighted by Crippen LogP contribution is 2.41. The number of rotatable bonds is 39. The number of nitrogens with one attached hydrogen (secondary N) is 5. The van der Waals surface area contributed by atoms with Crippen LogP contribution in [0.2, 0.25) is 0 Å². The summed E-state index contributed by atoms with van der Waals surface area (Å²) in [6.07, 6.45) is 20.3. The average Bonchev–Trinajstić information content (AvgIpc) is 1.68. The van der Waals surface area contributed by atoms with E-state index in [4.69, 9.17) is 75.4 Å². The number of hydrogen-bond donors (Lipinski definition) is 10. The van der Waals surface area contributed by atoms with Crippen LogP contribution in [0, 0.1) is 13.8 Å². The van der Waals surface area contributed by atoms with Gasteiger partial charge in [0.15, 0.2) is 29.1 Å². The molecule has 139 heavy (non-hydrogen) atoms. The molecule has 720 valence electrons. The Balaban J connectivity index is 0.000000166. The van der Waals surface area contributed by atoms with E-state index < -0.39 is 29.8 Å². The van der Waals surface area contributed by atoms with Crippen LogP contribution in [0.4, 0.5) is 57.5 Å². The molecule has 25 nitrogen and oxygen atoms in total. The van der Waals surface area contributed by atoms with E-state index in [1.807, 2.05) is 129 Å². The van der Waals surface area contributed by atoms with E-state index in [1.165, 1.54) is 21.0 Å². The Kier molecular flexibility index (Phi) is 40.9. The lowest BCUT2D eigenvalue weighted by Gasteiger charge is -2.15. The van der Waals surface area contributed by atoms with Crippen LogP contribution in [-0.2, 0) is 96.2 Å². The molecule has 0 amide bonds. The first-order valence-corrected chi connectivity index (χ1v) is 54.6. The Hall–Kier alpha value is -12.4. The molecule has 0 spiro atoms. The van der Waals surface area contributed by atoms with E-state index in [-0.39, 0.29) is 31.2 Å². The number of carboxylic acid groups (broad SMARTS) is 5. The zero-order chi connectivity index (χ0) is 99.8. The summed E-state index contributed by atoms with van der Waals surface area (Å²) in [5, 5.41) is 61.6. The van der Waals surface area contributed by atoms with Crippen LogP contribution in [0.5, 0.6) is 0 Å². The highest BCUT2D eigenvalue weighted by atomic mass is 32.2. The van der Waals surface area contributed by atoms with E-state index in [2.05, 4.69) is 167 Å². The van der Waals surface area contributed by atoms with Gasteiger partial charge in [0.25, 0.3) is 0 Å². The first-order chi connectivity index (χ1) is 67.1. The summed E-state index contributed by atoms with van der Waals surface area (Å²) in [6.45, 7) is 24.3. The monoisotopic (exact) mass is 2050 g/mol. The van der Waals surface area contributed by atoms with Gasteiger partial charge in [0, 0.05) is 84.7 Å². The lowest BCUT2D eigenvalue weighted by molar-refractivity contribution is -0.137. The summed E-state index contributed by atoms with van der Waals surface area (Å²) in [5.41, 5.74) is 17.8. The first-order valence-electron chi connectivity index (χ1n) is 44.4. The number of anilines is 10. The van der Waals surface area contributed by atoms with Crippen molar-refractivity contribution in [1.82, 2.24) is 49.8 Å². The summed E-state index contributed by atoms with van der Waals surface area (Å²) in [6, 6.07) is 57.0. The van der Waals surface area contributed by atoms with Crippen molar-refractivity contribution in [1.29, 1.82) is 0 Å². The van der Waals surface area contributed by atoms with Gasteiger partial charge in [-0.05, 0) is 252 Å². The molecular weight excluding hydrogens is 1940 g/mol. The Bertz CT molecular complexity index is 6750. The second-order valence-corrected chi connectivity index (χ2v) is 41.6. The van der Waals surface area contributed by atoms with Crippen molar-refractivity contribution in [2.45, 2.75) is 153 Å². The lowest BCUT2D eigenvalue weighted by atomic mass is 10.1. The predicted octanol–water partition coefficient (Wildman–Crippen LogP) is 27.0. The molecule has 0 aliphatic rings. The summed E-state index contributed by atoms with van der Waals surface area (Å²) >= 11 is 17.0. The first kappa shape index (κ1) is 107. The topological polar surface area (TPSA) is 376 Å². The van der Waals surface area contributed by atoms with E-state index in [0.29, 0.717) is 24.5 Å². The Morgan fingerprint density at radius 2 is 0.511 bits per heavy atom. The number of aliphatic carboxylic acids is 4. The number of carboxylic acids is 5. The summed E-state index contributed by atoms with van der Waals surface area (Å²) < 4.78 is 6.13. The van der Waals surface area contributed by atoms with Gasteiger partial charge in [0.1, 0.15) is 29.1 Å². The van der Waals surface area contributed by atoms with Gasteiger partial charge < -0.3 is 52.1 Å². The van der Waals surface area contributed by atoms with Gasteiger partial charge in [-0.1, -0.05) is 102 Å². The predicted molar refractivity (Wildman–Crippen MR) is 580 cm³/mol. The van der Waals surface area contributed by atoms with Crippen molar-refractivity contribution in [2.75, 3.05) is 57.9 Å². The summed E-state index contributed by atoms with van der Waals surface area (Å²) in [7, 11) is 0. The van der Waals surface area contributed by atoms with Crippen LogP contribution in [0.15, 0.2) is 228 Å². The highest BCUT2D eigenvalue weighted by Gasteiger charge is 2.23. The number of hydrogen-bond acceptors (Lipinski definition) is 30. The molecule has 0 saturated carbocycles. The normalized spacial score (nSPS) is 10.7. The second-order valence-electron chi connectivity index (χ2n) is 30.7. The molecule has 35 heteroatoms. The Morgan fingerprint density at radius 1 is 0.288 bits per heavy atom. The number of aryl methyl sites for hydroxylation is 5. The van der Waals surface area contributed by atoms with Crippen LogP contribution in [0.1, 0.15) is 130 Å². The van der Waals surface area contributed by atoms with Gasteiger partial charge in [-0.25, -0.2) is 54.6 Å². The molecule has 0 bridgehead atoms. The van der Waals surface area contributed by atoms with Crippen LogP contribution in [0.3, 0.4) is 0 Å². The van der Waals surface area contributed by atoms with Gasteiger partial charge >= 0.3 is 29.8 Å². The number of carbonyl (C=O) groups is 5. The van der Waals surface area contributed by atoms with Crippen molar-refractivity contribution >= 4 is 203 Å². The fourth-order valence-corrected chi connectivity index (χ4v) is 21.7. The molecule has 0 fully saturated rings. The van der Waals surface area contributed by atoms with Gasteiger partial charge in [0.05, 0.1) is 76.7 Å². The fraction of sp³-hybridized carbons (Fsp3) is 0.240. The number of aromatic carboxylic acids is 1. The number of allylic oxidation sites excluding steroid dienone is 2. The zero-order valence-corrected chi connectivity index (χ0v) is 87.4. The molecule has 0 unspecified atom stereocenters. The van der Waals surface area contributed by atoms with Gasteiger partial charge in [-0.3, -0.25) is 19.2 Å². The maximum absolute atomic E-state index is 11.0. The molecule has 0 radical (unpaired) electrons.